The second kappa shape index (κ2) is 7.63. The molecule has 0 aliphatic heterocycles. The summed E-state index contributed by atoms with van der Waals surface area (Å²) < 4.78 is 39.4. The van der Waals surface area contributed by atoms with Crippen LogP contribution in [0.3, 0.4) is 0 Å². The minimum atomic E-state index is -4.57. The van der Waals surface area contributed by atoms with Gasteiger partial charge in [0.05, 0.1) is 11.1 Å². The largest absolute Gasteiger partial charge is 0.417 e. The van der Waals surface area contributed by atoms with Crippen LogP contribution in [0.15, 0.2) is 22.7 Å². The summed E-state index contributed by atoms with van der Waals surface area (Å²) in [5.74, 6) is -0.564. The molecule has 118 valence electrons. The molecule has 21 heavy (non-hydrogen) atoms. The predicted molar refractivity (Wildman–Crippen MR) is 83.6 cm³/mol. The molecule has 1 atom stereocenters. The minimum absolute atomic E-state index is 0.135. The summed E-state index contributed by atoms with van der Waals surface area (Å²) in [6.07, 6.45) is -3.92. The zero-order valence-corrected chi connectivity index (χ0v) is 14.8. The molecule has 1 aromatic carbocycles. The molecular weight excluding hydrogens is 415 g/mol. The Labute approximate surface area is 138 Å². The van der Waals surface area contributed by atoms with Crippen molar-refractivity contribution in [1.29, 1.82) is 0 Å². The first-order chi connectivity index (χ1) is 9.66. The van der Waals surface area contributed by atoms with E-state index in [-0.39, 0.29) is 22.0 Å². The van der Waals surface area contributed by atoms with Crippen LogP contribution >= 0.6 is 31.9 Å². The van der Waals surface area contributed by atoms with Crippen molar-refractivity contribution >= 4 is 37.8 Å². The van der Waals surface area contributed by atoms with E-state index >= 15 is 0 Å². The van der Waals surface area contributed by atoms with Gasteiger partial charge in [-0.1, -0.05) is 45.7 Å². The second-order valence-electron chi connectivity index (χ2n) is 4.99. The number of alkyl halides is 4. The molecule has 1 unspecified atom stereocenters. The number of rotatable bonds is 5. The van der Waals surface area contributed by atoms with Gasteiger partial charge in [-0.3, -0.25) is 4.79 Å². The SMILES string of the molecule is CC(C)C(CCBr)NC(=O)c1ccc(Br)cc1C(F)(F)F. The predicted octanol–water partition coefficient (Wildman–Crippen LogP) is 5.01. The molecule has 0 fully saturated rings. The lowest BCUT2D eigenvalue weighted by molar-refractivity contribution is -0.138. The quantitative estimate of drug-likeness (QED) is 0.653. The van der Waals surface area contributed by atoms with Crippen LogP contribution in [0.5, 0.6) is 0 Å². The lowest BCUT2D eigenvalue weighted by Gasteiger charge is -2.22. The van der Waals surface area contributed by atoms with Crippen LogP contribution in [0.1, 0.15) is 36.2 Å². The summed E-state index contributed by atoms with van der Waals surface area (Å²) in [4.78, 5) is 12.2. The van der Waals surface area contributed by atoms with Crippen molar-refractivity contribution in [3.05, 3.63) is 33.8 Å². The molecule has 0 saturated carbocycles. The smallest absolute Gasteiger partial charge is 0.349 e. The van der Waals surface area contributed by atoms with E-state index in [4.69, 9.17) is 0 Å². The molecular formula is C14H16Br2F3NO. The molecule has 1 rings (SSSR count). The number of carbonyl (C=O) groups excluding carboxylic acids is 1. The van der Waals surface area contributed by atoms with Crippen LogP contribution in [0.4, 0.5) is 13.2 Å². The van der Waals surface area contributed by atoms with Crippen LogP contribution in [-0.4, -0.2) is 17.3 Å². The first-order valence-electron chi connectivity index (χ1n) is 6.40. The molecule has 7 heteroatoms. The first kappa shape index (κ1) is 18.5. The van der Waals surface area contributed by atoms with Crippen molar-refractivity contribution in [3.63, 3.8) is 0 Å². The monoisotopic (exact) mass is 429 g/mol. The Bertz CT molecular complexity index is 503. The zero-order chi connectivity index (χ0) is 16.2. The highest BCUT2D eigenvalue weighted by molar-refractivity contribution is 9.10. The van der Waals surface area contributed by atoms with E-state index < -0.39 is 17.6 Å². The number of carbonyl (C=O) groups is 1. The summed E-state index contributed by atoms with van der Waals surface area (Å²) in [6, 6.07) is 3.36. The van der Waals surface area contributed by atoms with Gasteiger partial charge >= 0.3 is 6.18 Å². The highest BCUT2D eigenvalue weighted by atomic mass is 79.9. The molecule has 1 aromatic rings. The lowest BCUT2D eigenvalue weighted by atomic mass is 10.00. The fourth-order valence-electron chi connectivity index (χ4n) is 1.88. The Hall–Kier alpha value is -0.560. The van der Waals surface area contributed by atoms with Gasteiger partial charge in [0.1, 0.15) is 0 Å². The van der Waals surface area contributed by atoms with E-state index in [2.05, 4.69) is 37.2 Å². The van der Waals surface area contributed by atoms with E-state index in [0.29, 0.717) is 11.8 Å². The van der Waals surface area contributed by atoms with Crippen LogP contribution in [0.2, 0.25) is 0 Å². The molecule has 0 bridgehead atoms. The molecule has 1 N–H and O–H groups in total. The van der Waals surface area contributed by atoms with Crippen molar-refractivity contribution in [1.82, 2.24) is 5.32 Å². The average molecular weight is 431 g/mol. The van der Waals surface area contributed by atoms with Crippen molar-refractivity contribution in [2.24, 2.45) is 5.92 Å². The Morgan fingerprint density at radius 1 is 1.33 bits per heavy atom. The maximum atomic E-state index is 13.0. The van der Waals surface area contributed by atoms with E-state index in [1.165, 1.54) is 12.1 Å². The van der Waals surface area contributed by atoms with Gasteiger partial charge in [0.2, 0.25) is 0 Å². The van der Waals surface area contributed by atoms with Crippen molar-refractivity contribution in [2.45, 2.75) is 32.5 Å². The standard InChI is InChI=1S/C14H16Br2F3NO/c1-8(2)12(5-6-15)20-13(21)10-4-3-9(16)7-11(10)14(17,18)19/h3-4,7-8,12H,5-6H2,1-2H3,(H,20,21). The van der Waals surface area contributed by atoms with E-state index in [1.807, 2.05) is 13.8 Å². The van der Waals surface area contributed by atoms with E-state index in [1.54, 1.807) is 0 Å². The van der Waals surface area contributed by atoms with Crippen molar-refractivity contribution in [3.8, 4) is 0 Å². The van der Waals surface area contributed by atoms with Gasteiger partial charge < -0.3 is 5.32 Å². The van der Waals surface area contributed by atoms with Crippen LogP contribution in [0.25, 0.3) is 0 Å². The lowest BCUT2D eigenvalue weighted by Crippen LogP contribution is -2.39. The van der Waals surface area contributed by atoms with Gasteiger partial charge in [0.25, 0.3) is 5.91 Å². The summed E-state index contributed by atoms with van der Waals surface area (Å²) in [7, 11) is 0. The first-order valence-corrected chi connectivity index (χ1v) is 8.31. The summed E-state index contributed by atoms with van der Waals surface area (Å²) in [6.45, 7) is 3.83. The molecule has 0 aliphatic carbocycles. The second-order valence-corrected chi connectivity index (χ2v) is 6.70. The van der Waals surface area contributed by atoms with E-state index in [9.17, 15) is 18.0 Å². The van der Waals surface area contributed by atoms with Crippen molar-refractivity contribution in [2.75, 3.05) is 5.33 Å². The van der Waals surface area contributed by atoms with Crippen LogP contribution < -0.4 is 5.32 Å². The molecule has 0 heterocycles. The maximum Gasteiger partial charge on any atom is 0.417 e. The van der Waals surface area contributed by atoms with Gasteiger partial charge in [-0.25, -0.2) is 0 Å². The fraction of sp³-hybridized carbons (Fsp3) is 0.500. The van der Waals surface area contributed by atoms with Crippen LogP contribution in [0, 0.1) is 5.92 Å². The topological polar surface area (TPSA) is 29.1 Å². The average Bonchev–Trinajstić information content (AvgIpc) is 2.36. The normalized spacial score (nSPS) is 13.3. The summed E-state index contributed by atoms with van der Waals surface area (Å²) in [5, 5.41) is 3.35. The molecule has 0 aliphatic rings. The third kappa shape index (κ3) is 5.29. The maximum absolute atomic E-state index is 13.0. The number of hydrogen-bond acceptors (Lipinski definition) is 1. The third-order valence-electron chi connectivity index (χ3n) is 3.07. The Balaban J connectivity index is 3.07. The number of amides is 1. The number of hydrogen-bond donors (Lipinski definition) is 1. The zero-order valence-electron chi connectivity index (χ0n) is 11.6. The Morgan fingerprint density at radius 3 is 2.43 bits per heavy atom. The Kier molecular flexibility index (Phi) is 6.71. The Morgan fingerprint density at radius 2 is 1.95 bits per heavy atom. The molecule has 2 nitrogen and oxygen atoms in total. The number of halogens is 5. The van der Waals surface area contributed by atoms with Gasteiger partial charge in [-0.05, 0) is 30.5 Å². The summed E-state index contributed by atoms with van der Waals surface area (Å²) >= 11 is 6.28. The third-order valence-corrected chi connectivity index (χ3v) is 4.02. The van der Waals surface area contributed by atoms with Crippen molar-refractivity contribution < 1.29 is 18.0 Å². The van der Waals surface area contributed by atoms with Gasteiger partial charge in [0.15, 0.2) is 0 Å². The van der Waals surface area contributed by atoms with Gasteiger partial charge in [-0.15, -0.1) is 0 Å². The highest BCUT2D eigenvalue weighted by Crippen LogP contribution is 2.34. The fourth-order valence-corrected chi connectivity index (χ4v) is 2.74. The molecule has 0 radical (unpaired) electrons. The van der Waals surface area contributed by atoms with Gasteiger partial charge in [0, 0.05) is 15.8 Å². The number of benzene rings is 1. The minimum Gasteiger partial charge on any atom is -0.349 e. The number of nitrogens with one attached hydrogen (secondary N) is 1. The molecule has 0 aromatic heterocycles. The van der Waals surface area contributed by atoms with Gasteiger partial charge in [-0.2, -0.15) is 13.2 Å². The summed E-state index contributed by atoms with van der Waals surface area (Å²) in [5.41, 5.74) is -1.29. The van der Waals surface area contributed by atoms with E-state index in [0.717, 1.165) is 6.07 Å². The molecule has 0 saturated heterocycles. The molecule has 0 spiro atoms. The molecule has 1 amide bonds. The highest BCUT2D eigenvalue weighted by Gasteiger charge is 2.35. The van der Waals surface area contributed by atoms with Crippen LogP contribution in [-0.2, 0) is 6.18 Å².